The smallest absolute Gasteiger partial charge is 0.306 e. The molecular weight excluding hydrogens is 677 g/mol. The molecule has 4 heterocycles. The van der Waals surface area contributed by atoms with Crippen molar-refractivity contribution in [2.45, 2.75) is 81.8 Å². The monoisotopic (exact) mass is 719 g/mol. The highest BCUT2D eigenvalue weighted by Crippen LogP contribution is 2.47. The maximum Gasteiger partial charge on any atom is 0.306 e. The van der Waals surface area contributed by atoms with Gasteiger partial charge in [-0.2, -0.15) is 4.31 Å². The first kappa shape index (κ1) is 34.7. The topological polar surface area (TPSA) is 127 Å². The van der Waals surface area contributed by atoms with E-state index in [4.69, 9.17) is 14.2 Å². The summed E-state index contributed by atoms with van der Waals surface area (Å²) >= 11 is 1.39. The molecule has 266 valence electrons. The molecule has 0 amide bonds. The number of carbonyl (C=O) groups excluding carboxylic acids is 1. The van der Waals surface area contributed by atoms with Gasteiger partial charge < -0.3 is 24.6 Å². The van der Waals surface area contributed by atoms with Crippen molar-refractivity contribution in [3.8, 4) is 0 Å². The molecule has 0 spiro atoms. The summed E-state index contributed by atoms with van der Waals surface area (Å²) in [6.07, 6.45) is 1.56. The highest BCUT2D eigenvalue weighted by atomic mass is 32.2. The number of nitrogens with one attached hydrogen (secondary N) is 1. The molecule has 8 rings (SSSR count). The Morgan fingerprint density at radius 3 is 2.55 bits per heavy atom. The summed E-state index contributed by atoms with van der Waals surface area (Å²) in [5.41, 5.74) is 0.935. The van der Waals surface area contributed by atoms with Gasteiger partial charge in [0.05, 0.1) is 40.9 Å². The number of aliphatic hydroxyl groups is 1. The van der Waals surface area contributed by atoms with Crippen molar-refractivity contribution < 1.29 is 41.3 Å². The number of hydrogen-bond acceptors (Lipinski definition) is 10. The molecule has 3 aromatic rings. The number of anilines is 1. The molecule has 5 fully saturated rings. The lowest BCUT2D eigenvalue weighted by molar-refractivity contribution is -0.165. The van der Waals surface area contributed by atoms with Gasteiger partial charge in [0.2, 0.25) is 10.0 Å². The van der Waals surface area contributed by atoms with Crippen molar-refractivity contribution in [2.24, 2.45) is 29.6 Å². The second-order valence-corrected chi connectivity index (χ2v) is 17.4. The second kappa shape index (κ2) is 14.1. The molecule has 4 bridgehead atoms. The van der Waals surface area contributed by atoms with Crippen LogP contribution in [0.3, 0.4) is 0 Å². The number of ether oxygens (including phenoxy) is 3. The van der Waals surface area contributed by atoms with Crippen LogP contribution >= 0.6 is 11.3 Å². The van der Waals surface area contributed by atoms with Crippen molar-refractivity contribution in [1.29, 1.82) is 0 Å². The van der Waals surface area contributed by atoms with Crippen molar-refractivity contribution in [1.82, 2.24) is 9.29 Å². The van der Waals surface area contributed by atoms with Gasteiger partial charge in [-0.25, -0.2) is 22.2 Å². The quantitative estimate of drug-likeness (QED) is 0.212. The van der Waals surface area contributed by atoms with Gasteiger partial charge in [-0.15, -0.1) is 0 Å². The Bertz CT molecular complexity index is 1770. The molecule has 14 heteroatoms. The molecule has 1 aromatic heterocycles. The standard InChI is InChI=1S/C35H43F2N3O7S2/c1-19(2)15-40(49(43,44)26-6-8-29-31(14-26)48-35(39-29)38-25-4-5-25)16-30(41)22(9-20-10-23(36)13-24(37)11-20)12-32(42)47-33-21-3-7-27-28(33)18-46-34(27)45-17-21/h6,8,10-11,13-14,19,21-22,25,27-28,30,33-34,41H,3-5,7,9,12,15-18H2,1-2H3,(H,38,39)/t21?,22-,27?,28?,30-,33?,34?/m1/s1. The van der Waals surface area contributed by atoms with Crippen LogP contribution in [-0.4, -0.2) is 79.6 Å². The minimum absolute atomic E-state index is 0.0130. The molecule has 2 saturated carbocycles. The van der Waals surface area contributed by atoms with E-state index in [2.05, 4.69) is 10.3 Å². The third-order valence-corrected chi connectivity index (χ3v) is 12.9. The van der Waals surface area contributed by atoms with Gasteiger partial charge in [0.25, 0.3) is 0 Å². The Morgan fingerprint density at radius 1 is 1.06 bits per heavy atom. The van der Waals surface area contributed by atoms with Crippen LogP contribution in [0, 0.1) is 41.2 Å². The maximum absolute atomic E-state index is 14.2. The maximum atomic E-state index is 14.2. The minimum Gasteiger partial charge on any atom is -0.462 e. The van der Waals surface area contributed by atoms with E-state index in [1.165, 1.54) is 21.7 Å². The first-order chi connectivity index (χ1) is 23.4. The minimum atomic E-state index is -4.10. The summed E-state index contributed by atoms with van der Waals surface area (Å²) < 4.78 is 76.5. The van der Waals surface area contributed by atoms with Crippen molar-refractivity contribution in [3.05, 3.63) is 53.6 Å². The molecular formula is C35H43F2N3O7S2. The molecule has 0 radical (unpaired) electrons. The largest absolute Gasteiger partial charge is 0.462 e. The number of sulfonamides is 1. The fourth-order valence-corrected chi connectivity index (χ4v) is 10.2. The molecule has 7 atom stereocenters. The summed E-state index contributed by atoms with van der Waals surface area (Å²) in [4.78, 5) is 18.2. The zero-order valence-electron chi connectivity index (χ0n) is 27.6. The molecule has 2 aromatic carbocycles. The Kier molecular flexibility index (Phi) is 9.99. The van der Waals surface area contributed by atoms with E-state index in [9.17, 15) is 27.1 Å². The molecule has 3 saturated heterocycles. The number of rotatable bonds is 14. The average molecular weight is 720 g/mol. The van der Waals surface area contributed by atoms with E-state index in [-0.39, 0.29) is 66.4 Å². The van der Waals surface area contributed by atoms with Gasteiger partial charge in [-0.05, 0) is 73.9 Å². The van der Waals surface area contributed by atoms with Gasteiger partial charge in [0.1, 0.15) is 17.7 Å². The lowest BCUT2D eigenvalue weighted by atomic mass is 9.74. The molecule has 49 heavy (non-hydrogen) atoms. The third kappa shape index (κ3) is 7.79. The fourth-order valence-electron chi connectivity index (χ4n) is 7.52. The SMILES string of the molecule is CC(C)CN(C[C@@H](O)[C@@H](CC(=O)OC1C2CCC3C(OC2)OCC31)Cc1cc(F)cc(F)c1)S(=O)(=O)c1ccc2nc(NC3CC3)sc2c1. The van der Waals surface area contributed by atoms with E-state index in [1.807, 2.05) is 13.8 Å². The number of nitrogens with zero attached hydrogens (tertiary/aromatic N) is 2. The normalized spacial score (nSPS) is 26.3. The van der Waals surface area contributed by atoms with Gasteiger partial charge in [-0.1, -0.05) is 25.2 Å². The van der Waals surface area contributed by atoms with Crippen LogP contribution in [0.1, 0.15) is 51.5 Å². The third-order valence-electron chi connectivity index (χ3n) is 10.1. The molecule has 5 aliphatic rings. The zero-order valence-corrected chi connectivity index (χ0v) is 29.2. The Hall–Kier alpha value is -2.75. The van der Waals surface area contributed by atoms with Crippen LogP contribution in [-0.2, 0) is 35.4 Å². The van der Waals surface area contributed by atoms with Gasteiger partial charge in [0, 0.05) is 48.9 Å². The Morgan fingerprint density at radius 2 is 1.82 bits per heavy atom. The lowest BCUT2D eigenvalue weighted by Crippen LogP contribution is -2.44. The number of fused-ring (bicyclic) bond motifs is 3. The van der Waals surface area contributed by atoms with Crippen LogP contribution in [0.2, 0.25) is 0 Å². The summed E-state index contributed by atoms with van der Waals surface area (Å²) in [6.45, 7) is 4.40. The number of carbonyl (C=O) groups is 1. The molecule has 2 N–H and O–H groups in total. The Balaban J connectivity index is 1.12. The number of esters is 1. The zero-order chi connectivity index (χ0) is 34.4. The molecule has 2 aliphatic carbocycles. The first-order valence-corrected chi connectivity index (χ1v) is 19.4. The van der Waals surface area contributed by atoms with Gasteiger partial charge in [-0.3, -0.25) is 4.79 Å². The van der Waals surface area contributed by atoms with E-state index in [0.717, 1.165) is 53.7 Å². The number of hydrogen-bond donors (Lipinski definition) is 2. The summed E-state index contributed by atoms with van der Waals surface area (Å²) in [7, 11) is -4.10. The second-order valence-electron chi connectivity index (χ2n) is 14.5. The van der Waals surface area contributed by atoms with E-state index in [0.29, 0.717) is 24.8 Å². The highest BCUT2D eigenvalue weighted by Gasteiger charge is 2.52. The fraction of sp³-hybridized carbons (Fsp3) is 0.600. The molecule has 10 nitrogen and oxygen atoms in total. The van der Waals surface area contributed by atoms with Crippen LogP contribution in [0.4, 0.5) is 13.9 Å². The summed E-state index contributed by atoms with van der Waals surface area (Å²) in [5.74, 6) is -2.93. The number of halogens is 2. The van der Waals surface area contributed by atoms with Gasteiger partial charge >= 0.3 is 5.97 Å². The average Bonchev–Trinajstić information content (AvgIpc) is 3.69. The van der Waals surface area contributed by atoms with Gasteiger partial charge in [0.15, 0.2) is 11.4 Å². The van der Waals surface area contributed by atoms with E-state index in [1.54, 1.807) is 12.1 Å². The van der Waals surface area contributed by atoms with Crippen molar-refractivity contribution in [3.63, 3.8) is 0 Å². The number of thiazole rings is 1. The van der Waals surface area contributed by atoms with Crippen LogP contribution in [0.5, 0.6) is 0 Å². The van der Waals surface area contributed by atoms with Crippen molar-refractivity contribution in [2.75, 3.05) is 31.6 Å². The number of aliphatic hydroxyl groups excluding tert-OH is 1. The molecule has 5 unspecified atom stereocenters. The summed E-state index contributed by atoms with van der Waals surface area (Å²) in [5, 5.41) is 15.8. The van der Waals surface area contributed by atoms with Crippen LogP contribution in [0.15, 0.2) is 41.3 Å². The van der Waals surface area contributed by atoms with Crippen LogP contribution < -0.4 is 5.32 Å². The predicted octanol–water partition coefficient (Wildman–Crippen LogP) is 5.35. The molecule has 3 aliphatic heterocycles. The number of aromatic nitrogens is 1. The highest BCUT2D eigenvalue weighted by molar-refractivity contribution is 7.89. The number of benzene rings is 2. The predicted molar refractivity (Wildman–Crippen MR) is 179 cm³/mol. The van der Waals surface area contributed by atoms with E-state index < -0.39 is 45.8 Å². The first-order valence-electron chi connectivity index (χ1n) is 17.2. The Labute approximate surface area is 289 Å². The lowest BCUT2D eigenvalue weighted by Gasteiger charge is -2.36. The van der Waals surface area contributed by atoms with Crippen molar-refractivity contribution >= 4 is 42.7 Å². The van der Waals surface area contributed by atoms with Crippen LogP contribution in [0.25, 0.3) is 10.2 Å². The summed E-state index contributed by atoms with van der Waals surface area (Å²) in [6, 6.07) is 8.28. The van der Waals surface area contributed by atoms with E-state index >= 15 is 0 Å².